The normalized spacial score (nSPS) is 26.1. The second-order valence-corrected chi connectivity index (χ2v) is 6.60. The molecule has 2 fully saturated rings. The summed E-state index contributed by atoms with van der Waals surface area (Å²) in [4.78, 5) is 7.22. The first kappa shape index (κ1) is 13.1. The molecule has 2 atom stereocenters. The Kier molecular flexibility index (Phi) is 3.30. The lowest BCUT2D eigenvalue weighted by Crippen LogP contribution is -2.34. The van der Waals surface area contributed by atoms with Crippen molar-refractivity contribution in [3.05, 3.63) is 35.9 Å². The number of nitrogen functional groups attached to an aromatic ring is 1. The van der Waals surface area contributed by atoms with Crippen molar-refractivity contribution in [1.29, 1.82) is 0 Å². The van der Waals surface area contributed by atoms with Gasteiger partial charge in [0.2, 0.25) is 0 Å². The highest BCUT2D eigenvalue weighted by Crippen LogP contribution is 2.37. The summed E-state index contributed by atoms with van der Waals surface area (Å²) in [5.74, 6) is 1.63. The maximum atomic E-state index is 6.20. The Hall–Kier alpha value is -1.61. The first-order valence-electron chi connectivity index (χ1n) is 8.19. The molecule has 110 valence electrons. The fraction of sp³-hybridized carbons (Fsp3) is 0.500. The maximum Gasteiger partial charge on any atom is 0.128 e. The van der Waals surface area contributed by atoms with Gasteiger partial charge in [0.15, 0.2) is 0 Å². The third kappa shape index (κ3) is 2.40. The Bertz CT molecular complexity index is 652. The van der Waals surface area contributed by atoms with E-state index in [1.54, 1.807) is 0 Å². The molecule has 4 rings (SSSR count). The monoisotopic (exact) mass is 281 g/mol. The standard InChI is InChI=1S/C18H23N3/c19-18-15(11-14-6-1-3-7-16(14)20-18)12-21-10-9-13-5-2-4-8-17(13)21/h1,3,6-7,11,13,17H,2,4-5,8-10,12H2,(H2,19,20). The van der Waals surface area contributed by atoms with Crippen LogP contribution in [0.2, 0.25) is 0 Å². The van der Waals surface area contributed by atoms with Crippen molar-refractivity contribution >= 4 is 16.7 Å². The van der Waals surface area contributed by atoms with Gasteiger partial charge in [-0.1, -0.05) is 31.0 Å². The topological polar surface area (TPSA) is 42.1 Å². The Labute approximate surface area is 126 Å². The number of likely N-dealkylation sites (tertiary alicyclic amines) is 1. The third-order valence-corrected chi connectivity index (χ3v) is 5.33. The van der Waals surface area contributed by atoms with E-state index in [9.17, 15) is 0 Å². The van der Waals surface area contributed by atoms with Gasteiger partial charge in [-0.15, -0.1) is 0 Å². The Morgan fingerprint density at radius 1 is 1.14 bits per heavy atom. The first-order valence-corrected chi connectivity index (χ1v) is 8.19. The van der Waals surface area contributed by atoms with Gasteiger partial charge < -0.3 is 5.73 Å². The van der Waals surface area contributed by atoms with Crippen molar-refractivity contribution in [2.24, 2.45) is 5.92 Å². The molecule has 0 bridgehead atoms. The highest BCUT2D eigenvalue weighted by molar-refractivity contribution is 5.81. The SMILES string of the molecule is Nc1nc2ccccc2cc1CN1CCC2CCCCC21. The molecule has 21 heavy (non-hydrogen) atoms. The molecule has 3 nitrogen and oxygen atoms in total. The highest BCUT2D eigenvalue weighted by atomic mass is 15.2. The summed E-state index contributed by atoms with van der Waals surface area (Å²) in [6.07, 6.45) is 6.97. The predicted octanol–water partition coefficient (Wildman–Crippen LogP) is 3.58. The molecule has 1 aliphatic carbocycles. The molecule has 2 N–H and O–H groups in total. The van der Waals surface area contributed by atoms with E-state index in [1.807, 2.05) is 12.1 Å². The molecule has 1 aromatic heterocycles. The Balaban J connectivity index is 1.60. The minimum atomic E-state index is 0.702. The zero-order valence-electron chi connectivity index (χ0n) is 12.5. The number of anilines is 1. The number of benzene rings is 1. The summed E-state index contributed by atoms with van der Waals surface area (Å²) in [5, 5.41) is 1.20. The number of hydrogen-bond acceptors (Lipinski definition) is 3. The molecule has 2 heterocycles. The second-order valence-electron chi connectivity index (χ2n) is 6.60. The number of fused-ring (bicyclic) bond motifs is 2. The van der Waals surface area contributed by atoms with E-state index in [-0.39, 0.29) is 0 Å². The van der Waals surface area contributed by atoms with Crippen LogP contribution in [0.3, 0.4) is 0 Å². The minimum Gasteiger partial charge on any atom is -0.383 e. The largest absolute Gasteiger partial charge is 0.383 e. The van der Waals surface area contributed by atoms with Gasteiger partial charge in [0, 0.05) is 23.5 Å². The van der Waals surface area contributed by atoms with Gasteiger partial charge in [-0.25, -0.2) is 4.98 Å². The van der Waals surface area contributed by atoms with Crippen molar-refractivity contribution < 1.29 is 0 Å². The molecular formula is C18H23N3. The smallest absolute Gasteiger partial charge is 0.128 e. The van der Waals surface area contributed by atoms with Crippen molar-refractivity contribution in [1.82, 2.24) is 9.88 Å². The van der Waals surface area contributed by atoms with Gasteiger partial charge in [0.1, 0.15) is 5.82 Å². The summed E-state index contributed by atoms with van der Waals surface area (Å²) in [6.45, 7) is 2.19. The van der Waals surface area contributed by atoms with Gasteiger partial charge in [0.05, 0.1) is 5.52 Å². The average molecular weight is 281 g/mol. The Morgan fingerprint density at radius 2 is 2.00 bits per heavy atom. The van der Waals surface area contributed by atoms with Gasteiger partial charge in [-0.05, 0) is 43.9 Å². The van der Waals surface area contributed by atoms with Crippen molar-refractivity contribution in [3.8, 4) is 0 Å². The van der Waals surface area contributed by atoms with Gasteiger partial charge in [-0.3, -0.25) is 4.90 Å². The van der Waals surface area contributed by atoms with Gasteiger partial charge >= 0.3 is 0 Å². The number of rotatable bonds is 2. The fourth-order valence-corrected chi connectivity index (χ4v) is 4.22. The van der Waals surface area contributed by atoms with Crippen LogP contribution in [0.5, 0.6) is 0 Å². The summed E-state index contributed by atoms with van der Waals surface area (Å²) in [7, 11) is 0. The lowest BCUT2D eigenvalue weighted by Gasteiger charge is -2.31. The number of nitrogens with zero attached hydrogens (tertiary/aromatic N) is 2. The number of aromatic nitrogens is 1. The number of nitrogens with two attached hydrogens (primary N) is 1. The van der Waals surface area contributed by atoms with E-state index >= 15 is 0 Å². The van der Waals surface area contributed by atoms with E-state index in [2.05, 4.69) is 28.1 Å². The molecule has 2 aliphatic rings. The molecular weight excluding hydrogens is 258 g/mol. The van der Waals surface area contributed by atoms with Crippen LogP contribution in [0.4, 0.5) is 5.82 Å². The quantitative estimate of drug-likeness (QED) is 0.915. The highest BCUT2D eigenvalue weighted by Gasteiger charge is 2.35. The maximum absolute atomic E-state index is 6.20. The van der Waals surface area contributed by atoms with E-state index in [0.717, 1.165) is 24.0 Å². The lowest BCUT2D eigenvalue weighted by molar-refractivity contribution is 0.176. The van der Waals surface area contributed by atoms with Crippen molar-refractivity contribution in [2.75, 3.05) is 12.3 Å². The third-order valence-electron chi connectivity index (χ3n) is 5.33. The summed E-state index contributed by atoms with van der Waals surface area (Å²) in [6, 6.07) is 11.2. The second kappa shape index (κ2) is 5.30. The van der Waals surface area contributed by atoms with Crippen LogP contribution in [0.15, 0.2) is 30.3 Å². The molecule has 0 amide bonds. The molecule has 1 aromatic carbocycles. The van der Waals surface area contributed by atoms with Crippen LogP contribution in [-0.4, -0.2) is 22.5 Å². The summed E-state index contributed by atoms with van der Waals surface area (Å²) < 4.78 is 0. The fourth-order valence-electron chi connectivity index (χ4n) is 4.22. The summed E-state index contributed by atoms with van der Waals surface area (Å²) in [5.41, 5.74) is 8.39. The van der Waals surface area contributed by atoms with Crippen LogP contribution in [0.25, 0.3) is 10.9 Å². The molecule has 2 unspecified atom stereocenters. The van der Waals surface area contributed by atoms with Gasteiger partial charge in [-0.2, -0.15) is 0 Å². The van der Waals surface area contributed by atoms with Crippen LogP contribution in [0, 0.1) is 5.92 Å². The van der Waals surface area contributed by atoms with Crippen molar-refractivity contribution in [3.63, 3.8) is 0 Å². The minimum absolute atomic E-state index is 0.702. The molecule has 0 spiro atoms. The lowest BCUT2D eigenvalue weighted by atomic mass is 9.85. The van der Waals surface area contributed by atoms with Crippen molar-refractivity contribution in [2.45, 2.75) is 44.7 Å². The van der Waals surface area contributed by atoms with Crippen LogP contribution in [0.1, 0.15) is 37.7 Å². The first-order chi connectivity index (χ1) is 10.3. The molecule has 3 heteroatoms. The van der Waals surface area contributed by atoms with E-state index in [4.69, 9.17) is 5.73 Å². The summed E-state index contributed by atoms with van der Waals surface area (Å²) >= 11 is 0. The molecule has 1 saturated heterocycles. The van der Waals surface area contributed by atoms with Crippen LogP contribution < -0.4 is 5.73 Å². The molecule has 1 aliphatic heterocycles. The van der Waals surface area contributed by atoms with E-state index < -0.39 is 0 Å². The number of para-hydroxylation sites is 1. The van der Waals surface area contributed by atoms with E-state index in [1.165, 1.54) is 49.6 Å². The predicted molar refractivity (Wildman–Crippen MR) is 86.9 cm³/mol. The van der Waals surface area contributed by atoms with E-state index in [0.29, 0.717) is 5.82 Å². The molecule has 0 radical (unpaired) electrons. The average Bonchev–Trinajstić information content (AvgIpc) is 2.91. The molecule has 1 saturated carbocycles. The molecule has 2 aromatic rings. The zero-order chi connectivity index (χ0) is 14.2. The van der Waals surface area contributed by atoms with Crippen LogP contribution >= 0.6 is 0 Å². The van der Waals surface area contributed by atoms with Crippen LogP contribution in [-0.2, 0) is 6.54 Å². The number of hydrogen-bond donors (Lipinski definition) is 1. The number of pyridine rings is 1. The zero-order valence-corrected chi connectivity index (χ0v) is 12.5. The van der Waals surface area contributed by atoms with Gasteiger partial charge in [0.25, 0.3) is 0 Å². The Morgan fingerprint density at radius 3 is 2.95 bits per heavy atom.